The molecule has 0 radical (unpaired) electrons. The van der Waals surface area contributed by atoms with Gasteiger partial charge in [0.15, 0.2) is 0 Å². The number of thiazole rings is 1. The van der Waals surface area contributed by atoms with Gasteiger partial charge in [0.1, 0.15) is 5.01 Å². The fourth-order valence-electron chi connectivity index (χ4n) is 1.83. The number of aromatic nitrogens is 1. The van der Waals surface area contributed by atoms with Crippen LogP contribution in [0.4, 0.5) is 0 Å². The fraction of sp³-hybridized carbons (Fsp3) is 0.700. The molecule has 1 unspecified atom stereocenters. The van der Waals surface area contributed by atoms with E-state index in [4.69, 9.17) is 10.7 Å². The summed E-state index contributed by atoms with van der Waals surface area (Å²) in [5.74, 6) is 1.30. The number of hydrogen-bond donors (Lipinski definition) is 1. The largest absolute Gasteiger partial charge is 0.320 e. The number of nitrogens with two attached hydrogens (primary N) is 1. The van der Waals surface area contributed by atoms with Crippen LogP contribution in [0.25, 0.3) is 0 Å². The van der Waals surface area contributed by atoms with Crippen LogP contribution >= 0.6 is 23.1 Å². The predicted molar refractivity (Wildman–Crippen MR) is 61.6 cm³/mol. The average molecular weight is 226 g/mol. The smallest absolute Gasteiger partial charge is 0.106 e. The lowest BCUT2D eigenvalue weighted by atomic mass is 10.2. The van der Waals surface area contributed by atoms with Gasteiger partial charge >= 0.3 is 0 Å². The van der Waals surface area contributed by atoms with Crippen molar-refractivity contribution in [1.82, 2.24) is 4.98 Å². The van der Waals surface area contributed by atoms with Crippen LogP contribution in [0.5, 0.6) is 0 Å². The molecule has 0 bridgehead atoms. The van der Waals surface area contributed by atoms with Crippen molar-refractivity contribution < 1.29 is 0 Å². The Morgan fingerprint density at radius 1 is 1.50 bits per heavy atom. The first kappa shape index (κ1) is 9.19. The SMILES string of the molecule is NC1(c2csc(C3CCCS3)n2)CC1. The lowest BCUT2D eigenvalue weighted by Crippen LogP contribution is -2.19. The monoisotopic (exact) mass is 226 g/mol. The minimum Gasteiger partial charge on any atom is -0.320 e. The van der Waals surface area contributed by atoms with Gasteiger partial charge in [-0.3, -0.25) is 0 Å². The molecule has 2 aliphatic rings. The standard InChI is InChI=1S/C10H14N2S2/c11-10(3-4-10)8-6-14-9(12-8)7-2-1-5-13-7/h6-7H,1-5,11H2. The van der Waals surface area contributed by atoms with Gasteiger partial charge in [-0.05, 0) is 31.4 Å². The second-order valence-electron chi connectivity index (χ2n) is 4.23. The molecular weight excluding hydrogens is 212 g/mol. The Labute approximate surface area is 92.3 Å². The summed E-state index contributed by atoms with van der Waals surface area (Å²) in [6.07, 6.45) is 4.88. The molecule has 1 saturated carbocycles. The van der Waals surface area contributed by atoms with Crippen molar-refractivity contribution in [2.45, 2.75) is 36.5 Å². The summed E-state index contributed by atoms with van der Waals surface area (Å²) in [4.78, 5) is 4.70. The fourth-order valence-corrected chi connectivity index (χ4v) is 4.29. The number of hydrogen-bond acceptors (Lipinski definition) is 4. The molecule has 1 aromatic heterocycles. The van der Waals surface area contributed by atoms with E-state index < -0.39 is 0 Å². The Morgan fingerprint density at radius 2 is 2.36 bits per heavy atom. The molecule has 14 heavy (non-hydrogen) atoms. The van der Waals surface area contributed by atoms with E-state index in [1.165, 1.54) is 23.6 Å². The van der Waals surface area contributed by atoms with Crippen LogP contribution in [0.15, 0.2) is 5.38 Å². The molecule has 0 aromatic carbocycles. The number of thioether (sulfide) groups is 1. The molecule has 1 atom stereocenters. The molecule has 3 rings (SSSR count). The van der Waals surface area contributed by atoms with Gasteiger partial charge in [0.25, 0.3) is 0 Å². The Bertz CT molecular complexity index is 338. The van der Waals surface area contributed by atoms with Crippen molar-refractivity contribution in [3.05, 3.63) is 16.1 Å². The van der Waals surface area contributed by atoms with Crippen LogP contribution in [-0.4, -0.2) is 10.7 Å². The molecule has 1 aromatic rings. The average Bonchev–Trinajstić information content (AvgIpc) is 2.73. The van der Waals surface area contributed by atoms with Gasteiger partial charge in [-0.25, -0.2) is 4.98 Å². The highest BCUT2D eigenvalue weighted by molar-refractivity contribution is 7.99. The van der Waals surface area contributed by atoms with E-state index in [1.807, 2.05) is 11.8 Å². The van der Waals surface area contributed by atoms with Crippen LogP contribution in [0, 0.1) is 0 Å². The summed E-state index contributed by atoms with van der Waals surface area (Å²) in [5, 5.41) is 4.14. The molecule has 2 nitrogen and oxygen atoms in total. The van der Waals surface area contributed by atoms with Crippen LogP contribution in [0.1, 0.15) is 41.6 Å². The Kier molecular flexibility index (Phi) is 2.11. The van der Waals surface area contributed by atoms with Gasteiger partial charge in [0, 0.05) is 5.38 Å². The Balaban J connectivity index is 1.82. The van der Waals surface area contributed by atoms with Gasteiger partial charge in [-0.2, -0.15) is 11.8 Å². The van der Waals surface area contributed by atoms with E-state index in [9.17, 15) is 0 Å². The first-order valence-corrected chi connectivity index (χ1v) is 7.07. The molecule has 2 fully saturated rings. The maximum atomic E-state index is 6.12. The molecule has 1 aliphatic heterocycles. The second kappa shape index (κ2) is 3.22. The van der Waals surface area contributed by atoms with Gasteiger partial charge in [0.2, 0.25) is 0 Å². The van der Waals surface area contributed by atoms with E-state index in [1.54, 1.807) is 11.3 Å². The van der Waals surface area contributed by atoms with Gasteiger partial charge in [-0.1, -0.05) is 0 Å². The maximum Gasteiger partial charge on any atom is 0.106 e. The molecular formula is C10H14N2S2. The molecule has 0 amide bonds. The normalized spacial score (nSPS) is 29.4. The first-order valence-electron chi connectivity index (χ1n) is 5.14. The molecule has 0 spiro atoms. The quantitative estimate of drug-likeness (QED) is 0.842. The second-order valence-corrected chi connectivity index (χ2v) is 6.43. The third kappa shape index (κ3) is 1.49. The summed E-state index contributed by atoms with van der Waals surface area (Å²) in [7, 11) is 0. The van der Waals surface area contributed by atoms with E-state index in [0.29, 0.717) is 5.25 Å². The summed E-state index contributed by atoms with van der Waals surface area (Å²) in [5.41, 5.74) is 7.22. The van der Waals surface area contributed by atoms with Crippen molar-refractivity contribution >= 4 is 23.1 Å². The Morgan fingerprint density at radius 3 is 3.00 bits per heavy atom. The molecule has 2 N–H and O–H groups in total. The number of nitrogens with zero attached hydrogens (tertiary/aromatic N) is 1. The maximum absolute atomic E-state index is 6.12. The lowest BCUT2D eigenvalue weighted by molar-refractivity contribution is 0.705. The minimum absolute atomic E-state index is 0.0436. The summed E-state index contributed by atoms with van der Waals surface area (Å²) in [6, 6.07) is 0. The van der Waals surface area contributed by atoms with Gasteiger partial charge in [-0.15, -0.1) is 11.3 Å². The van der Waals surface area contributed by atoms with E-state index in [2.05, 4.69) is 5.38 Å². The van der Waals surface area contributed by atoms with Crippen LogP contribution in [0.3, 0.4) is 0 Å². The third-order valence-electron chi connectivity index (χ3n) is 3.03. The van der Waals surface area contributed by atoms with Gasteiger partial charge in [0.05, 0.1) is 16.5 Å². The molecule has 1 saturated heterocycles. The summed E-state index contributed by atoms with van der Waals surface area (Å²) < 4.78 is 0. The summed E-state index contributed by atoms with van der Waals surface area (Å²) >= 11 is 3.85. The van der Waals surface area contributed by atoms with Crippen molar-refractivity contribution in [3.63, 3.8) is 0 Å². The molecule has 4 heteroatoms. The third-order valence-corrected chi connectivity index (χ3v) is 5.52. The zero-order valence-corrected chi connectivity index (χ0v) is 9.66. The van der Waals surface area contributed by atoms with E-state index >= 15 is 0 Å². The highest BCUT2D eigenvalue weighted by atomic mass is 32.2. The van der Waals surface area contributed by atoms with E-state index in [0.717, 1.165) is 18.5 Å². The Hall–Kier alpha value is -0.0600. The zero-order chi connectivity index (χ0) is 9.60. The van der Waals surface area contributed by atoms with E-state index in [-0.39, 0.29) is 5.54 Å². The van der Waals surface area contributed by atoms with Crippen LogP contribution < -0.4 is 5.73 Å². The number of rotatable bonds is 2. The lowest BCUT2D eigenvalue weighted by Gasteiger charge is -2.04. The minimum atomic E-state index is -0.0436. The molecule has 1 aliphatic carbocycles. The van der Waals surface area contributed by atoms with Crippen molar-refractivity contribution in [2.75, 3.05) is 5.75 Å². The molecule has 76 valence electrons. The van der Waals surface area contributed by atoms with Gasteiger partial charge < -0.3 is 5.73 Å². The highest BCUT2D eigenvalue weighted by Crippen LogP contribution is 2.46. The summed E-state index contributed by atoms with van der Waals surface area (Å²) in [6.45, 7) is 0. The predicted octanol–water partition coefficient (Wildman–Crippen LogP) is 2.66. The van der Waals surface area contributed by atoms with Crippen LogP contribution in [-0.2, 0) is 5.54 Å². The van der Waals surface area contributed by atoms with Crippen molar-refractivity contribution in [1.29, 1.82) is 0 Å². The molecule has 2 heterocycles. The first-order chi connectivity index (χ1) is 6.78. The highest BCUT2D eigenvalue weighted by Gasteiger charge is 2.42. The van der Waals surface area contributed by atoms with Crippen molar-refractivity contribution in [2.24, 2.45) is 5.73 Å². The van der Waals surface area contributed by atoms with Crippen LogP contribution in [0.2, 0.25) is 0 Å². The zero-order valence-electron chi connectivity index (χ0n) is 8.03. The topological polar surface area (TPSA) is 38.9 Å². The van der Waals surface area contributed by atoms with Crippen molar-refractivity contribution in [3.8, 4) is 0 Å².